The third-order valence-electron chi connectivity index (χ3n) is 13.3. The number of carboxylic acid groups (broad SMARTS) is 1. The molecule has 1 aliphatic rings. The number of aromatic carboxylic acids is 1. The zero-order valence-corrected chi connectivity index (χ0v) is 64.8. The van der Waals surface area contributed by atoms with Crippen LogP contribution >= 0.6 is 28.7 Å². The summed E-state index contributed by atoms with van der Waals surface area (Å²) < 4.78 is 33.3. The van der Waals surface area contributed by atoms with Crippen molar-refractivity contribution >= 4 is 42.4 Å². The molecule has 473 valence electrons. The summed E-state index contributed by atoms with van der Waals surface area (Å²) in [7, 11) is 4.34. The Morgan fingerprint density at radius 3 is 1.08 bits per heavy atom. The van der Waals surface area contributed by atoms with Crippen molar-refractivity contribution in [2.45, 2.75) is 229 Å². The SMILES string of the molecule is C1CCOC1.CC(C)(C)c1cc(C(=O)O)cc(C(C)(C)C#N)c1.Cc1cc(C(C)(C)C)cc(C(C)(C)C#N)c1.Cc1cc(C)cc(C(C)(C)C)c1.Cc1cc(CBr)cc(C(C)(C)C)c1.[B]=NS.[C-]#N.[C-]#[N+]Cc1cc(C)cc(C(C)(C)C)c1.[K+].[O]=[Cr](=[O])=[O]. The number of rotatable bonds is 5. The third-order valence-corrected chi connectivity index (χ3v) is 14.0. The van der Waals surface area contributed by atoms with Gasteiger partial charge in [-0.15, -0.1) is 0 Å². The van der Waals surface area contributed by atoms with Crippen LogP contribution in [-0.2, 0) is 79.9 Å². The van der Waals surface area contributed by atoms with E-state index in [1.165, 1.54) is 68.5 Å². The van der Waals surface area contributed by atoms with E-state index in [0.717, 1.165) is 40.8 Å². The molecule has 0 unspecified atom stereocenters. The average Bonchev–Trinajstić information content (AvgIpc) is 2.13. The van der Waals surface area contributed by atoms with Gasteiger partial charge in [0, 0.05) is 24.1 Å². The van der Waals surface area contributed by atoms with Crippen LogP contribution in [0.3, 0.4) is 0 Å². The first-order valence-corrected chi connectivity index (χ1v) is 31.9. The standard InChI is InChI=1S/C15H19NO2.C15H21N.C13H17N.C12H17Br.C12H18.C4H8O.CN.BHNS.Cr.K.3O/c1-14(2,3)11-6-10(13(17)18)7-12(8-11)15(4,5)9-16;1-11-7-12(14(2,3)4)9-13(8-11)15(5,6)10-16;1-10-6-11(9-14-5)8-12(7-10)13(2,3)4;1-9-5-10(8-13)7-11(6-9)12(2,3)4;1-9-6-10(2)8-11(7-9)12(3,4)5;1-2-4-5-3-1;1-2;1-2-3;;;;;/h6-8H,1-5H3,(H,17,18);7-9H,1-6H3;6-8H,9H2,1-4H3;5-7H,8H2,1-4H3;6-8H,1-5H3;1-4H2;;3H;;;;;/q;;;;;;-1;;;+1;;;. The number of hydrogen-bond donors (Lipinski definition) is 2. The van der Waals surface area contributed by atoms with Crippen LogP contribution in [0.1, 0.15) is 233 Å². The van der Waals surface area contributed by atoms with Gasteiger partial charge >= 0.3 is 107 Å². The third kappa shape index (κ3) is 38.4. The second-order valence-electron chi connectivity index (χ2n) is 27.8. The van der Waals surface area contributed by atoms with Crippen molar-refractivity contribution in [3.63, 3.8) is 0 Å². The van der Waals surface area contributed by atoms with E-state index in [1.54, 1.807) is 26.0 Å². The number of halogens is 1. The van der Waals surface area contributed by atoms with Crippen LogP contribution in [0.25, 0.3) is 4.85 Å². The summed E-state index contributed by atoms with van der Waals surface area (Å²) in [5.74, 6) is -0.962. The predicted octanol–water partition coefficient (Wildman–Crippen LogP) is 16.8. The molecule has 1 N–H and O–H groups in total. The van der Waals surface area contributed by atoms with Crippen LogP contribution in [0.5, 0.6) is 0 Å². The molecule has 0 spiro atoms. The van der Waals surface area contributed by atoms with Gasteiger partial charge in [0.25, 0.3) is 0 Å². The van der Waals surface area contributed by atoms with Gasteiger partial charge in [-0.25, -0.2) is 11.4 Å². The molecule has 0 aromatic heterocycles. The summed E-state index contributed by atoms with van der Waals surface area (Å²) in [5, 5.41) is 34.7. The van der Waals surface area contributed by atoms with Crippen LogP contribution < -0.4 is 51.4 Å². The fourth-order valence-electron chi connectivity index (χ4n) is 8.02. The summed E-state index contributed by atoms with van der Waals surface area (Å²) in [6, 6.07) is 36.2. The molecule has 5 aromatic carbocycles. The van der Waals surface area contributed by atoms with Crippen molar-refractivity contribution in [1.29, 1.82) is 15.8 Å². The van der Waals surface area contributed by atoms with Gasteiger partial charge in [0.1, 0.15) is 0 Å². The molecule has 1 aliphatic heterocycles. The maximum absolute atomic E-state index is 11.2. The molecule has 1 heterocycles. The first-order chi connectivity index (χ1) is 39.6. The first-order valence-electron chi connectivity index (χ1n) is 28.8. The number of alkyl halides is 1. The van der Waals surface area contributed by atoms with Gasteiger partial charge in [-0.05, 0) is 171 Å². The van der Waals surface area contributed by atoms with Crippen molar-refractivity contribution in [2.24, 2.45) is 4.30 Å². The number of benzene rings is 5. The van der Waals surface area contributed by atoms with E-state index in [9.17, 15) is 15.3 Å². The van der Waals surface area contributed by atoms with E-state index < -0.39 is 30.8 Å². The molecule has 0 amide bonds. The molecule has 0 aliphatic carbocycles. The second-order valence-corrected chi connectivity index (χ2v) is 29.2. The topological polar surface area (TPSA) is 186 Å². The van der Waals surface area contributed by atoms with Crippen molar-refractivity contribution in [2.75, 3.05) is 13.2 Å². The zero-order valence-electron chi connectivity index (χ0n) is 57.9. The predicted molar refractivity (Wildman–Crippen MR) is 361 cm³/mol. The minimum atomic E-state index is -3.79. The molecule has 1 fully saturated rings. The molecular formula is C72H101BBrCrKN5O6S. The number of ether oxygens (including phenoxy) is 1. The average molecular weight is 1350 g/mol. The molecular weight excluding hydrogens is 1240 g/mol. The van der Waals surface area contributed by atoms with Crippen LogP contribution in [-0.4, -0.2) is 31.9 Å². The molecule has 0 saturated carbocycles. The summed E-state index contributed by atoms with van der Waals surface area (Å²) >= 11 is 2.89. The number of carboxylic acids is 1. The zero-order chi connectivity index (χ0) is 68.7. The van der Waals surface area contributed by atoms with E-state index in [-0.39, 0.29) is 84.0 Å². The van der Waals surface area contributed by atoms with E-state index in [4.69, 9.17) is 39.7 Å². The Balaban J connectivity index is -0.000000475. The Hall–Kier alpha value is -4.25. The van der Waals surface area contributed by atoms with E-state index in [1.807, 2.05) is 40.7 Å². The summed E-state index contributed by atoms with van der Waals surface area (Å²) in [4.78, 5) is 14.6. The molecule has 0 atom stereocenters. The van der Waals surface area contributed by atoms with Crippen molar-refractivity contribution in [3.8, 4) is 12.1 Å². The number of nitriles is 2. The molecule has 11 nitrogen and oxygen atoms in total. The van der Waals surface area contributed by atoms with E-state index in [2.05, 4.69) is 248 Å². The molecule has 5 aromatic rings. The van der Waals surface area contributed by atoms with Crippen LogP contribution in [0.4, 0.5) is 0 Å². The fraction of sp³-hybridized carbons (Fsp3) is 0.514. The van der Waals surface area contributed by atoms with Gasteiger partial charge in [-0.3, -0.25) is 0 Å². The van der Waals surface area contributed by atoms with Crippen LogP contribution in [0.2, 0.25) is 0 Å². The normalized spacial score (nSPS) is 11.6. The van der Waals surface area contributed by atoms with Gasteiger partial charge in [0.05, 0.1) is 28.5 Å². The van der Waals surface area contributed by atoms with Crippen molar-refractivity contribution in [1.82, 2.24) is 0 Å². The molecule has 6 rings (SSSR count). The fourth-order valence-corrected chi connectivity index (χ4v) is 8.34. The van der Waals surface area contributed by atoms with Gasteiger partial charge in [0.15, 0.2) is 0 Å². The Bertz CT molecular complexity index is 3220. The summed E-state index contributed by atoms with van der Waals surface area (Å²) in [5.41, 5.74) is 17.1. The van der Waals surface area contributed by atoms with Gasteiger partial charge in [0.2, 0.25) is 6.54 Å². The summed E-state index contributed by atoms with van der Waals surface area (Å²) in [6.45, 7) is 65.0. The Morgan fingerprint density at radius 1 is 0.545 bits per heavy atom. The number of carbonyl (C=O) groups is 1. The Kier molecular flexibility index (Phi) is 43.0. The number of nitrogens with zero attached hydrogens (tertiary/aromatic N) is 5. The minimum absolute atomic E-state index is 0. The molecule has 88 heavy (non-hydrogen) atoms. The number of aryl methyl sites for hydroxylation is 5. The second kappa shape index (κ2) is 42.0. The number of hydrogen-bond acceptors (Lipinski definition) is 10. The molecule has 16 heteroatoms. The summed E-state index contributed by atoms with van der Waals surface area (Å²) in [6.07, 6.45) is 2.56. The monoisotopic (exact) mass is 1340 g/mol. The first kappa shape index (κ1) is 90.2. The van der Waals surface area contributed by atoms with Gasteiger partial charge < -0.3 is 26.5 Å². The van der Waals surface area contributed by atoms with E-state index in [0.29, 0.717) is 6.54 Å². The van der Waals surface area contributed by atoms with E-state index >= 15 is 0 Å². The van der Waals surface area contributed by atoms with Crippen LogP contribution in [0, 0.1) is 75.7 Å². The Labute approximate surface area is 594 Å². The number of thiol groups is 1. The quantitative estimate of drug-likeness (QED) is 0.0747. The van der Waals surface area contributed by atoms with Gasteiger partial charge in [-0.1, -0.05) is 214 Å². The molecule has 1 saturated heterocycles. The van der Waals surface area contributed by atoms with Crippen molar-refractivity contribution in [3.05, 3.63) is 192 Å². The maximum atomic E-state index is 11.2. The van der Waals surface area contributed by atoms with Gasteiger partial charge in [-0.2, -0.15) is 10.5 Å². The Morgan fingerprint density at radius 2 is 0.795 bits per heavy atom. The molecule has 1 radical (unpaired) electrons. The van der Waals surface area contributed by atoms with Crippen LogP contribution in [0.15, 0.2) is 95.3 Å². The molecule has 0 bridgehead atoms. The van der Waals surface area contributed by atoms with Crippen molar-refractivity contribution < 1.29 is 91.4 Å².